The van der Waals surface area contributed by atoms with Crippen LogP contribution in [0.5, 0.6) is 11.5 Å². The summed E-state index contributed by atoms with van der Waals surface area (Å²) in [5, 5.41) is 12.6. The van der Waals surface area contributed by atoms with Gasteiger partial charge in [-0.2, -0.15) is 5.26 Å². The van der Waals surface area contributed by atoms with E-state index in [0.717, 1.165) is 55.9 Å². The summed E-state index contributed by atoms with van der Waals surface area (Å²) in [6.07, 6.45) is 5.67. The van der Waals surface area contributed by atoms with Gasteiger partial charge in [0.1, 0.15) is 0 Å². The molecule has 2 N–H and O–H groups in total. The maximum Gasteiger partial charge on any atom is 0.254 e. The first-order valence-electron chi connectivity index (χ1n) is 13.0. The van der Waals surface area contributed by atoms with Crippen molar-refractivity contribution in [2.24, 2.45) is 11.3 Å². The first-order chi connectivity index (χ1) is 18.1. The third-order valence-electron chi connectivity index (χ3n) is 8.11. The van der Waals surface area contributed by atoms with Gasteiger partial charge in [0.15, 0.2) is 11.5 Å². The van der Waals surface area contributed by atoms with Crippen LogP contribution in [-0.4, -0.2) is 47.5 Å². The fourth-order valence-corrected chi connectivity index (χ4v) is 6.49. The van der Waals surface area contributed by atoms with Crippen molar-refractivity contribution < 1.29 is 14.3 Å². The van der Waals surface area contributed by atoms with E-state index in [-0.39, 0.29) is 29.3 Å². The number of hydrogen-bond donors (Lipinski definition) is 2. The lowest BCUT2D eigenvalue weighted by atomic mass is 9.88. The molecule has 2 aromatic rings. The number of aromatic nitrogens is 1. The summed E-state index contributed by atoms with van der Waals surface area (Å²) in [5.74, 6) is -0.114. The number of nitrogens with one attached hydrogen (secondary N) is 2. The molecular weight excluding hydrogens is 524 g/mol. The molecular formula is C28H33ClN4O4S. The monoisotopic (exact) mass is 556 g/mol. The van der Waals surface area contributed by atoms with Gasteiger partial charge in [-0.05, 0) is 71.0 Å². The number of H-pyrrole nitrogens is 1. The first-order valence-corrected chi connectivity index (χ1v) is 14.6. The third kappa shape index (κ3) is 5.02. The standard InChI is InChI=1S/C28H33ClN4O4S/c1-16-11-22(38-4)20(26(35)32-16)13-31-25(34)19-12-21(29)24-23(17(19)2)36-27(3,37-24)18-5-9-33(10-6-18)15-28(14-30)7-8-28/h11-12,18H,5-10,13,15H2,1-4H3,(H,31,34)(H,32,35)/t27-/m0/s1. The van der Waals surface area contributed by atoms with Crippen LogP contribution in [0.25, 0.3) is 0 Å². The number of hydrogen-bond acceptors (Lipinski definition) is 7. The quantitative estimate of drug-likeness (QED) is 0.472. The molecule has 0 spiro atoms. The molecule has 2 fully saturated rings. The van der Waals surface area contributed by atoms with Crippen LogP contribution in [0, 0.1) is 36.5 Å². The van der Waals surface area contributed by atoms with Gasteiger partial charge in [-0.25, -0.2) is 0 Å². The van der Waals surface area contributed by atoms with Crippen LogP contribution in [-0.2, 0) is 6.54 Å². The van der Waals surface area contributed by atoms with E-state index < -0.39 is 5.79 Å². The van der Waals surface area contributed by atoms with Gasteiger partial charge in [0.2, 0.25) is 0 Å². The fourth-order valence-electron chi connectivity index (χ4n) is 5.55. The number of fused-ring (bicyclic) bond motifs is 1. The molecule has 8 nitrogen and oxygen atoms in total. The summed E-state index contributed by atoms with van der Waals surface area (Å²) < 4.78 is 12.8. The zero-order chi connectivity index (χ0) is 27.2. The van der Waals surface area contributed by atoms with Gasteiger partial charge >= 0.3 is 0 Å². The second-order valence-electron chi connectivity index (χ2n) is 10.9. The number of nitrogens with zero attached hydrogens (tertiary/aromatic N) is 2. The summed E-state index contributed by atoms with van der Waals surface area (Å²) in [7, 11) is 0. The van der Waals surface area contributed by atoms with Crippen molar-refractivity contribution in [3.05, 3.63) is 49.9 Å². The second kappa shape index (κ2) is 10.1. The van der Waals surface area contributed by atoms with Crippen molar-refractivity contribution in [3.63, 3.8) is 0 Å². The summed E-state index contributed by atoms with van der Waals surface area (Å²) in [4.78, 5) is 31.7. The highest BCUT2D eigenvalue weighted by atomic mass is 35.5. The number of pyridine rings is 1. The van der Waals surface area contributed by atoms with Gasteiger partial charge in [0, 0.05) is 53.2 Å². The van der Waals surface area contributed by atoms with Crippen molar-refractivity contribution in [1.82, 2.24) is 15.2 Å². The van der Waals surface area contributed by atoms with Crippen LogP contribution in [0.3, 0.4) is 0 Å². The van der Waals surface area contributed by atoms with Gasteiger partial charge in [0.05, 0.1) is 16.5 Å². The van der Waals surface area contributed by atoms with E-state index in [1.807, 2.05) is 33.1 Å². The molecule has 202 valence electrons. The number of aromatic amines is 1. The molecule has 1 amide bonds. The lowest BCUT2D eigenvalue weighted by molar-refractivity contribution is -0.125. The Morgan fingerprint density at radius 2 is 1.95 bits per heavy atom. The van der Waals surface area contributed by atoms with E-state index >= 15 is 0 Å². The fraction of sp³-hybridized carbons (Fsp3) is 0.536. The summed E-state index contributed by atoms with van der Waals surface area (Å²) >= 11 is 8.07. The number of carbonyl (C=O) groups is 1. The van der Waals surface area contributed by atoms with Crippen molar-refractivity contribution in [3.8, 4) is 17.6 Å². The van der Waals surface area contributed by atoms with Gasteiger partial charge in [-0.15, -0.1) is 11.8 Å². The van der Waals surface area contributed by atoms with Gasteiger partial charge in [0.25, 0.3) is 17.3 Å². The molecule has 5 rings (SSSR count). The van der Waals surface area contributed by atoms with Crippen LogP contribution in [0.1, 0.15) is 59.8 Å². The van der Waals surface area contributed by atoms with Crippen LogP contribution in [0.2, 0.25) is 5.02 Å². The Balaban J connectivity index is 1.28. The predicted molar refractivity (Wildman–Crippen MR) is 147 cm³/mol. The van der Waals surface area contributed by atoms with E-state index in [4.69, 9.17) is 21.1 Å². The topological polar surface area (TPSA) is 107 Å². The van der Waals surface area contributed by atoms with E-state index in [2.05, 4.69) is 21.3 Å². The Morgan fingerprint density at radius 3 is 2.58 bits per heavy atom. The molecule has 10 heteroatoms. The van der Waals surface area contributed by atoms with E-state index in [1.54, 1.807) is 6.07 Å². The number of amides is 1. The minimum absolute atomic E-state index is 0.0967. The maximum absolute atomic E-state index is 13.2. The lowest BCUT2D eigenvalue weighted by Gasteiger charge is -2.39. The molecule has 1 aromatic heterocycles. The summed E-state index contributed by atoms with van der Waals surface area (Å²) in [6, 6.07) is 5.99. The summed E-state index contributed by atoms with van der Waals surface area (Å²) in [6.45, 7) is 8.31. The highest BCUT2D eigenvalue weighted by Gasteiger charge is 2.49. The molecule has 3 heterocycles. The van der Waals surface area contributed by atoms with Crippen molar-refractivity contribution in [2.75, 3.05) is 25.9 Å². The SMILES string of the molecule is CSc1cc(C)[nH]c(=O)c1CNC(=O)c1cc(Cl)c2c(c1C)O[C@](C)(C1CCN(CC3(C#N)CC3)CC1)O2. The lowest BCUT2D eigenvalue weighted by Crippen LogP contribution is -2.49. The molecule has 1 aromatic carbocycles. The molecule has 38 heavy (non-hydrogen) atoms. The summed E-state index contributed by atoms with van der Waals surface area (Å²) in [5.41, 5.74) is 1.97. The number of thioether (sulfide) groups is 1. The third-order valence-corrected chi connectivity index (χ3v) is 9.20. The number of benzene rings is 1. The molecule has 0 unspecified atom stereocenters. The van der Waals surface area contributed by atoms with Crippen LogP contribution < -0.4 is 20.3 Å². The van der Waals surface area contributed by atoms with Crippen molar-refractivity contribution in [1.29, 1.82) is 5.26 Å². The first kappa shape index (κ1) is 26.9. The van der Waals surface area contributed by atoms with Gasteiger partial charge in [-0.1, -0.05) is 11.6 Å². The maximum atomic E-state index is 13.2. The second-order valence-corrected chi connectivity index (χ2v) is 12.1. The largest absolute Gasteiger partial charge is 0.448 e. The van der Waals surface area contributed by atoms with E-state index in [1.165, 1.54) is 11.8 Å². The number of rotatable bonds is 7. The predicted octanol–water partition coefficient (Wildman–Crippen LogP) is 4.80. The van der Waals surface area contributed by atoms with Crippen LogP contribution in [0.4, 0.5) is 0 Å². The molecule has 0 radical (unpaired) electrons. The zero-order valence-corrected chi connectivity index (χ0v) is 23.8. The Hall–Kier alpha value is -2.67. The number of piperidine rings is 1. The number of likely N-dealkylation sites (tertiary alicyclic amines) is 1. The number of aryl methyl sites for hydroxylation is 1. The highest BCUT2D eigenvalue weighted by molar-refractivity contribution is 7.98. The number of halogens is 1. The van der Waals surface area contributed by atoms with Crippen LogP contribution in [0.15, 0.2) is 21.8 Å². The number of ether oxygens (including phenoxy) is 2. The van der Waals surface area contributed by atoms with Gasteiger partial charge in [-0.3, -0.25) is 9.59 Å². The number of carbonyl (C=O) groups excluding carboxylic acids is 1. The number of nitriles is 1. The van der Waals surface area contributed by atoms with E-state index in [9.17, 15) is 14.9 Å². The van der Waals surface area contributed by atoms with Crippen molar-refractivity contribution in [2.45, 2.75) is 63.7 Å². The van der Waals surface area contributed by atoms with Crippen molar-refractivity contribution >= 4 is 29.3 Å². The Kier molecular flexibility index (Phi) is 7.18. The molecule has 0 bridgehead atoms. The minimum Gasteiger partial charge on any atom is -0.448 e. The van der Waals surface area contributed by atoms with E-state index in [0.29, 0.717) is 33.2 Å². The Morgan fingerprint density at radius 1 is 1.26 bits per heavy atom. The molecule has 1 saturated heterocycles. The Bertz CT molecular complexity index is 1370. The highest BCUT2D eigenvalue weighted by Crippen LogP contribution is 2.51. The average Bonchev–Trinajstić information content (AvgIpc) is 3.57. The molecule has 1 atom stereocenters. The normalized spacial score (nSPS) is 22.2. The molecule has 1 saturated carbocycles. The molecule has 3 aliphatic rings. The van der Waals surface area contributed by atoms with Gasteiger partial charge < -0.3 is 24.7 Å². The zero-order valence-electron chi connectivity index (χ0n) is 22.2. The van der Waals surface area contributed by atoms with Crippen LogP contribution >= 0.6 is 23.4 Å². The minimum atomic E-state index is -0.882. The molecule has 1 aliphatic carbocycles. The Labute approximate surface area is 232 Å². The average molecular weight is 557 g/mol. The smallest absolute Gasteiger partial charge is 0.254 e. The molecule has 2 aliphatic heterocycles.